The topological polar surface area (TPSA) is 52.7 Å². The minimum Gasteiger partial charge on any atom is -0.342 e. The van der Waals surface area contributed by atoms with Gasteiger partial charge in [-0.15, -0.1) is 0 Å². The summed E-state index contributed by atoms with van der Waals surface area (Å²) >= 11 is 0. The Morgan fingerprint density at radius 3 is 2.65 bits per heavy atom. The summed E-state index contributed by atoms with van der Waals surface area (Å²) in [4.78, 5) is 26.2. The highest BCUT2D eigenvalue weighted by Crippen LogP contribution is 2.16. The molecule has 2 rings (SSSR count). The molecule has 1 unspecified atom stereocenters. The number of amides is 2. The molecule has 2 aliphatic rings. The van der Waals surface area contributed by atoms with Gasteiger partial charge in [0.25, 0.3) is 0 Å². The Morgan fingerprint density at radius 2 is 2.06 bits per heavy atom. The zero-order valence-electron chi connectivity index (χ0n) is 10.2. The summed E-state index contributed by atoms with van der Waals surface area (Å²) < 4.78 is 0. The lowest BCUT2D eigenvalue weighted by atomic mass is 9.95. The number of nitrogens with zero attached hydrogens (tertiary/aromatic N) is 2. The van der Waals surface area contributed by atoms with Crippen molar-refractivity contribution in [2.24, 2.45) is 5.92 Å². The van der Waals surface area contributed by atoms with E-state index >= 15 is 0 Å². The van der Waals surface area contributed by atoms with E-state index in [1.807, 2.05) is 4.90 Å². The average molecular weight is 239 g/mol. The number of carbonyl (C=O) groups excluding carboxylic acids is 2. The highest BCUT2D eigenvalue weighted by molar-refractivity contribution is 5.76. The van der Waals surface area contributed by atoms with Gasteiger partial charge in [-0.05, 0) is 31.8 Å². The monoisotopic (exact) mass is 239 g/mol. The summed E-state index contributed by atoms with van der Waals surface area (Å²) in [6, 6.07) is 0. The van der Waals surface area contributed by atoms with Crippen LogP contribution < -0.4 is 5.32 Å². The van der Waals surface area contributed by atoms with Gasteiger partial charge in [-0.3, -0.25) is 9.59 Å². The minimum absolute atomic E-state index is 0.254. The highest BCUT2D eigenvalue weighted by Gasteiger charge is 2.23. The molecule has 2 saturated heterocycles. The van der Waals surface area contributed by atoms with Gasteiger partial charge in [0.05, 0.1) is 0 Å². The quantitative estimate of drug-likeness (QED) is 0.687. The molecule has 0 saturated carbocycles. The van der Waals surface area contributed by atoms with E-state index in [1.165, 1.54) is 6.42 Å². The van der Waals surface area contributed by atoms with Crippen LogP contribution in [0.15, 0.2) is 0 Å². The molecule has 0 bridgehead atoms. The van der Waals surface area contributed by atoms with Crippen molar-refractivity contribution in [2.75, 3.05) is 39.3 Å². The van der Waals surface area contributed by atoms with Crippen molar-refractivity contribution in [3.63, 3.8) is 0 Å². The molecule has 0 aromatic carbocycles. The van der Waals surface area contributed by atoms with Crippen molar-refractivity contribution in [2.45, 2.75) is 19.3 Å². The van der Waals surface area contributed by atoms with E-state index in [-0.39, 0.29) is 5.91 Å². The van der Waals surface area contributed by atoms with Crippen LogP contribution in [0.4, 0.5) is 0 Å². The van der Waals surface area contributed by atoms with Crippen molar-refractivity contribution in [3.8, 4) is 0 Å². The Hall–Kier alpha value is -1.10. The fourth-order valence-corrected chi connectivity index (χ4v) is 2.55. The molecule has 5 nitrogen and oxygen atoms in total. The Morgan fingerprint density at radius 1 is 1.29 bits per heavy atom. The van der Waals surface area contributed by atoms with E-state index in [9.17, 15) is 9.59 Å². The van der Waals surface area contributed by atoms with Crippen LogP contribution in [0.1, 0.15) is 19.3 Å². The van der Waals surface area contributed by atoms with Gasteiger partial charge in [-0.1, -0.05) is 0 Å². The van der Waals surface area contributed by atoms with Gasteiger partial charge in [0.2, 0.25) is 12.3 Å². The normalized spacial score (nSPS) is 25.8. The van der Waals surface area contributed by atoms with Crippen molar-refractivity contribution < 1.29 is 9.59 Å². The van der Waals surface area contributed by atoms with Crippen LogP contribution >= 0.6 is 0 Å². The molecule has 2 fully saturated rings. The number of nitrogens with one attached hydrogen (secondary N) is 1. The second-order valence-corrected chi connectivity index (χ2v) is 4.94. The first-order chi connectivity index (χ1) is 8.29. The molecular weight excluding hydrogens is 218 g/mol. The molecule has 1 N–H and O–H groups in total. The Balaban J connectivity index is 1.74. The number of piperidine rings is 1. The summed E-state index contributed by atoms with van der Waals surface area (Å²) in [6.07, 6.45) is 3.87. The Labute approximate surface area is 102 Å². The molecule has 0 spiro atoms. The van der Waals surface area contributed by atoms with E-state index in [0.717, 1.165) is 25.9 Å². The van der Waals surface area contributed by atoms with Gasteiger partial charge >= 0.3 is 0 Å². The first-order valence-corrected chi connectivity index (χ1v) is 6.47. The SMILES string of the molecule is O=CN1CCN(C(=O)CC2CCCNC2)CC1. The molecule has 0 aromatic heterocycles. The third-order valence-corrected chi connectivity index (χ3v) is 3.68. The predicted octanol–water partition coefficient (Wildman–Crippen LogP) is -0.323. The average Bonchev–Trinajstić information content (AvgIpc) is 2.40. The molecule has 0 aromatic rings. The van der Waals surface area contributed by atoms with Gasteiger partial charge in [-0.25, -0.2) is 0 Å². The number of hydrogen-bond donors (Lipinski definition) is 1. The fraction of sp³-hybridized carbons (Fsp3) is 0.833. The van der Waals surface area contributed by atoms with Crippen molar-refractivity contribution in [3.05, 3.63) is 0 Å². The molecule has 96 valence electrons. The van der Waals surface area contributed by atoms with Crippen LogP contribution in [0.3, 0.4) is 0 Å². The zero-order valence-corrected chi connectivity index (χ0v) is 10.2. The van der Waals surface area contributed by atoms with E-state index in [4.69, 9.17) is 0 Å². The van der Waals surface area contributed by atoms with Crippen LogP contribution in [-0.2, 0) is 9.59 Å². The van der Waals surface area contributed by atoms with Crippen LogP contribution in [0.2, 0.25) is 0 Å². The summed E-state index contributed by atoms with van der Waals surface area (Å²) in [5.41, 5.74) is 0. The van der Waals surface area contributed by atoms with Crippen LogP contribution in [0.25, 0.3) is 0 Å². The lowest BCUT2D eigenvalue weighted by Gasteiger charge is -2.34. The Bertz CT molecular complexity index is 269. The second-order valence-electron chi connectivity index (χ2n) is 4.94. The maximum absolute atomic E-state index is 12.1. The highest BCUT2D eigenvalue weighted by atomic mass is 16.2. The van der Waals surface area contributed by atoms with E-state index < -0.39 is 0 Å². The van der Waals surface area contributed by atoms with E-state index in [1.54, 1.807) is 4.90 Å². The first kappa shape index (κ1) is 12.4. The summed E-state index contributed by atoms with van der Waals surface area (Å²) in [5, 5.41) is 3.33. The molecule has 1 atom stereocenters. The lowest BCUT2D eigenvalue weighted by molar-refractivity contribution is -0.136. The van der Waals surface area contributed by atoms with Gasteiger partial charge in [0.15, 0.2) is 0 Å². The zero-order chi connectivity index (χ0) is 12.1. The van der Waals surface area contributed by atoms with Crippen molar-refractivity contribution in [1.29, 1.82) is 0 Å². The first-order valence-electron chi connectivity index (χ1n) is 6.47. The van der Waals surface area contributed by atoms with E-state index in [0.29, 0.717) is 38.5 Å². The maximum Gasteiger partial charge on any atom is 0.223 e. The van der Waals surface area contributed by atoms with Gasteiger partial charge in [0, 0.05) is 32.6 Å². The molecule has 2 heterocycles. The summed E-state index contributed by atoms with van der Waals surface area (Å²) in [6.45, 7) is 4.80. The van der Waals surface area contributed by atoms with Crippen molar-refractivity contribution in [1.82, 2.24) is 15.1 Å². The van der Waals surface area contributed by atoms with Gasteiger partial charge in [0.1, 0.15) is 0 Å². The molecule has 17 heavy (non-hydrogen) atoms. The minimum atomic E-state index is 0.254. The van der Waals surface area contributed by atoms with E-state index in [2.05, 4.69) is 5.32 Å². The maximum atomic E-state index is 12.1. The fourth-order valence-electron chi connectivity index (χ4n) is 2.55. The largest absolute Gasteiger partial charge is 0.342 e. The third-order valence-electron chi connectivity index (χ3n) is 3.68. The molecular formula is C12H21N3O2. The van der Waals surface area contributed by atoms with Gasteiger partial charge < -0.3 is 15.1 Å². The van der Waals surface area contributed by atoms with Crippen LogP contribution in [-0.4, -0.2) is 61.4 Å². The smallest absolute Gasteiger partial charge is 0.223 e. The number of piperazine rings is 1. The molecule has 0 aliphatic carbocycles. The summed E-state index contributed by atoms with van der Waals surface area (Å²) in [5.74, 6) is 0.754. The second kappa shape index (κ2) is 6.00. The number of carbonyl (C=O) groups is 2. The predicted molar refractivity (Wildman–Crippen MR) is 64.4 cm³/mol. The Kier molecular flexibility index (Phi) is 4.36. The number of rotatable bonds is 3. The van der Waals surface area contributed by atoms with Crippen LogP contribution in [0.5, 0.6) is 0 Å². The molecule has 2 amide bonds. The standard InChI is InChI=1S/C12H21N3O2/c16-10-14-4-6-15(7-5-14)12(17)8-11-2-1-3-13-9-11/h10-11,13H,1-9H2. The lowest BCUT2D eigenvalue weighted by Crippen LogP contribution is -2.48. The summed E-state index contributed by atoms with van der Waals surface area (Å²) in [7, 11) is 0. The molecule has 5 heteroatoms. The van der Waals surface area contributed by atoms with Crippen molar-refractivity contribution >= 4 is 12.3 Å². The van der Waals surface area contributed by atoms with Crippen LogP contribution in [0, 0.1) is 5.92 Å². The molecule has 0 radical (unpaired) electrons. The molecule has 2 aliphatic heterocycles. The number of hydrogen-bond acceptors (Lipinski definition) is 3. The third kappa shape index (κ3) is 3.43. The van der Waals surface area contributed by atoms with Gasteiger partial charge in [-0.2, -0.15) is 0 Å².